The quantitative estimate of drug-likeness (QED) is 0.871. The van der Waals surface area contributed by atoms with Crippen molar-refractivity contribution in [3.63, 3.8) is 0 Å². The lowest BCUT2D eigenvalue weighted by molar-refractivity contribution is 0.0742. The molecule has 110 valence electrons. The summed E-state index contributed by atoms with van der Waals surface area (Å²) in [5, 5.41) is 6.77. The molecule has 3 rings (SSSR count). The van der Waals surface area contributed by atoms with E-state index >= 15 is 0 Å². The van der Waals surface area contributed by atoms with Gasteiger partial charge in [-0.1, -0.05) is 18.2 Å². The Balaban J connectivity index is 1.66. The van der Waals surface area contributed by atoms with E-state index in [1.54, 1.807) is 0 Å². The summed E-state index contributed by atoms with van der Waals surface area (Å²) in [6.07, 6.45) is 0. The number of hydrogen-bond donors (Lipinski definition) is 2. The van der Waals surface area contributed by atoms with Crippen LogP contribution in [0.15, 0.2) is 30.3 Å². The Kier molecular flexibility index (Phi) is 3.51. The van der Waals surface area contributed by atoms with Crippen molar-refractivity contribution in [1.82, 2.24) is 15.1 Å². The number of benzene rings is 1. The van der Waals surface area contributed by atoms with Gasteiger partial charge >= 0.3 is 0 Å². The van der Waals surface area contributed by atoms with Gasteiger partial charge < -0.3 is 15.5 Å². The van der Waals surface area contributed by atoms with Gasteiger partial charge in [-0.05, 0) is 19.1 Å². The number of nitrogens with two attached hydrogens (primary N) is 1. The highest BCUT2D eigenvalue weighted by Crippen LogP contribution is 2.19. The molecule has 0 radical (unpaired) electrons. The van der Waals surface area contributed by atoms with Crippen molar-refractivity contribution < 1.29 is 4.79 Å². The summed E-state index contributed by atoms with van der Waals surface area (Å²) in [6, 6.07) is 10.2. The van der Waals surface area contributed by atoms with Crippen LogP contribution in [0.2, 0.25) is 0 Å². The number of rotatable bonds is 2. The van der Waals surface area contributed by atoms with Crippen LogP contribution in [0.4, 0.5) is 11.4 Å². The number of aryl methyl sites for hydroxylation is 1. The van der Waals surface area contributed by atoms with Crippen molar-refractivity contribution in [1.29, 1.82) is 0 Å². The lowest BCUT2D eigenvalue weighted by Crippen LogP contribution is -2.49. The van der Waals surface area contributed by atoms with Gasteiger partial charge in [0.05, 0.1) is 11.4 Å². The van der Waals surface area contributed by atoms with E-state index in [1.807, 2.05) is 30.0 Å². The molecule has 1 aliphatic heterocycles. The molecule has 2 heterocycles. The molecule has 3 N–H and O–H groups in total. The molecule has 1 aromatic heterocycles. The first-order valence-corrected chi connectivity index (χ1v) is 7.06. The third-order valence-electron chi connectivity index (χ3n) is 3.89. The van der Waals surface area contributed by atoms with Crippen LogP contribution in [-0.2, 0) is 0 Å². The van der Waals surface area contributed by atoms with Crippen molar-refractivity contribution in [3.05, 3.63) is 41.7 Å². The Labute approximate surface area is 123 Å². The largest absolute Gasteiger partial charge is 0.395 e. The first kappa shape index (κ1) is 13.5. The molecule has 2 aromatic rings. The van der Waals surface area contributed by atoms with Crippen LogP contribution in [0.3, 0.4) is 0 Å². The molecular weight excluding hydrogens is 266 g/mol. The van der Waals surface area contributed by atoms with Gasteiger partial charge in [-0.3, -0.25) is 9.89 Å². The number of anilines is 2. The fourth-order valence-electron chi connectivity index (χ4n) is 2.56. The number of piperazine rings is 1. The molecule has 0 unspecified atom stereocenters. The molecule has 1 amide bonds. The first-order valence-electron chi connectivity index (χ1n) is 7.06. The summed E-state index contributed by atoms with van der Waals surface area (Å²) in [6.45, 7) is 4.81. The number of nitrogen functional groups attached to an aromatic ring is 1. The molecule has 1 fully saturated rings. The number of hydrogen-bond acceptors (Lipinski definition) is 4. The summed E-state index contributed by atoms with van der Waals surface area (Å²) in [5.74, 6) is -0.0930. The zero-order valence-electron chi connectivity index (χ0n) is 12.0. The van der Waals surface area contributed by atoms with E-state index < -0.39 is 0 Å². The van der Waals surface area contributed by atoms with E-state index in [9.17, 15) is 4.79 Å². The van der Waals surface area contributed by atoms with Crippen LogP contribution in [0, 0.1) is 6.92 Å². The van der Waals surface area contributed by atoms with Gasteiger partial charge in [0.2, 0.25) is 0 Å². The maximum absolute atomic E-state index is 12.4. The lowest BCUT2D eigenvalue weighted by atomic mass is 10.2. The molecule has 0 atom stereocenters. The minimum atomic E-state index is -0.0930. The Bertz CT molecular complexity index is 629. The van der Waals surface area contributed by atoms with Crippen molar-refractivity contribution >= 4 is 17.3 Å². The molecule has 0 spiro atoms. The van der Waals surface area contributed by atoms with Crippen molar-refractivity contribution in [2.24, 2.45) is 0 Å². The molecular formula is C15H19N5O. The van der Waals surface area contributed by atoms with E-state index in [0.29, 0.717) is 24.5 Å². The van der Waals surface area contributed by atoms with Crippen LogP contribution in [0.5, 0.6) is 0 Å². The van der Waals surface area contributed by atoms with Gasteiger partial charge in [-0.25, -0.2) is 0 Å². The number of nitrogens with one attached hydrogen (secondary N) is 1. The maximum Gasteiger partial charge on any atom is 0.276 e. The normalized spacial score (nSPS) is 15.3. The number of carbonyl (C=O) groups excluding carboxylic acids is 1. The highest BCUT2D eigenvalue weighted by atomic mass is 16.2. The maximum atomic E-state index is 12.4. The third kappa shape index (κ3) is 2.56. The minimum absolute atomic E-state index is 0.0930. The van der Waals surface area contributed by atoms with E-state index in [4.69, 9.17) is 5.73 Å². The van der Waals surface area contributed by atoms with Gasteiger partial charge in [-0.2, -0.15) is 5.10 Å². The number of para-hydroxylation sites is 1. The molecule has 1 aromatic carbocycles. The van der Waals surface area contributed by atoms with Crippen LogP contribution in [0.25, 0.3) is 0 Å². The van der Waals surface area contributed by atoms with Gasteiger partial charge in [0, 0.05) is 31.9 Å². The SMILES string of the molecule is Cc1[nH]nc(C(=O)N2CCN(c3ccccc3)CC2)c1N. The van der Waals surface area contributed by atoms with E-state index in [1.165, 1.54) is 5.69 Å². The lowest BCUT2D eigenvalue weighted by Gasteiger charge is -2.35. The average Bonchev–Trinajstić information content (AvgIpc) is 2.87. The number of nitrogens with zero attached hydrogens (tertiary/aromatic N) is 3. The van der Waals surface area contributed by atoms with Crippen molar-refractivity contribution in [2.45, 2.75) is 6.92 Å². The molecule has 0 bridgehead atoms. The average molecular weight is 285 g/mol. The minimum Gasteiger partial charge on any atom is -0.395 e. The number of carbonyl (C=O) groups is 1. The number of aromatic amines is 1. The highest BCUT2D eigenvalue weighted by molar-refractivity contribution is 5.97. The van der Waals surface area contributed by atoms with Crippen LogP contribution in [0.1, 0.15) is 16.2 Å². The summed E-state index contributed by atoms with van der Waals surface area (Å²) < 4.78 is 0. The summed E-state index contributed by atoms with van der Waals surface area (Å²) >= 11 is 0. The topological polar surface area (TPSA) is 78.2 Å². The Morgan fingerprint density at radius 2 is 1.86 bits per heavy atom. The van der Waals surface area contributed by atoms with Crippen molar-refractivity contribution in [2.75, 3.05) is 36.8 Å². The fraction of sp³-hybridized carbons (Fsp3) is 0.333. The van der Waals surface area contributed by atoms with E-state index in [-0.39, 0.29) is 5.91 Å². The molecule has 1 aliphatic rings. The van der Waals surface area contributed by atoms with E-state index in [0.717, 1.165) is 18.8 Å². The standard InChI is InChI=1S/C15H19N5O/c1-11-13(16)14(18-17-11)15(21)20-9-7-19(8-10-20)12-5-3-2-4-6-12/h2-6H,7-10,16H2,1H3,(H,17,18). The number of amides is 1. The van der Waals surface area contributed by atoms with Crippen molar-refractivity contribution in [3.8, 4) is 0 Å². The number of H-pyrrole nitrogens is 1. The van der Waals surface area contributed by atoms with Gasteiger partial charge in [0.25, 0.3) is 5.91 Å². The fourth-order valence-corrected chi connectivity index (χ4v) is 2.56. The molecule has 0 saturated carbocycles. The third-order valence-corrected chi connectivity index (χ3v) is 3.89. The van der Waals surface area contributed by atoms with Gasteiger partial charge in [0.15, 0.2) is 5.69 Å². The highest BCUT2D eigenvalue weighted by Gasteiger charge is 2.25. The molecule has 6 heteroatoms. The first-order chi connectivity index (χ1) is 10.2. The van der Waals surface area contributed by atoms with Crippen LogP contribution < -0.4 is 10.6 Å². The Morgan fingerprint density at radius 3 is 2.43 bits per heavy atom. The second-order valence-corrected chi connectivity index (χ2v) is 5.23. The van der Waals surface area contributed by atoms with Gasteiger partial charge in [0.1, 0.15) is 0 Å². The van der Waals surface area contributed by atoms with Crippen LogP contribution >= 0.6 is 0 Å². The predicted octanol–water partition coefficient (Wildman–Crippen LogP) is 1.26. The summed E-state index contributed by atoms with van der Waals surface area (Å²) in [7, 11) is 0. The van der Waals surface area contributed by atoms with E-state index in [2.05, 4.69) is 27.2 Å². The zero-order chi connectivity index (χ0) is 14.8. The summed E-state index contributed by atoms with van der Waals surface area (Å²) in [4.78, 5) is 16.5. The smallest absolute Gasteiger partial charge is 0.276 e. The second-order valence-electron chi connectivity index (χ2n) is 5.23. The molecule has 0 aliphatic carbocycles. The summed E-state index contributed by atoms with van der Waals surface area (Å²) in [5.41, 5.74) is 8.59. The Morgan fingerprint density at radius 1 is 1.19 bits per heavy atom. The number of aromatic nitrogens is 2. The molecule has 6 nitrogen and oxygen atoms in total. The zero-order valence-corrected chi connectivity index (χ0v) is 12.0. The molecule has 1 saturated heterocycles. The van der Waals surface area contributed by atoms with Crippen LogP contribution in [-0.4, -0.2) is 47.2 Å². The Hall–Kier alpha value is -2.50. The van der Waals surface area contributed by atoms with Gasteiger partial charge in [-0.15, -0.1) is 0 Å². The predicted molar refractivity (Wildman–Crippen MR) is 82.3 cm³/mol. The molecule has 21 heavy (non-hydrogen) atoms. The monoisotopic (exact) mass is 285 g/mol. The second kappa shape index (κ2) is 5.47.